The molecule has 0 unspecified atom stereocenters. The lowest BCUT2D eigenvalue weighted by Crippen LogP contribution is -2.15. The van der Waals surface area contributed by atoms with Gasteiger partial charge in [0.15, 0.2) is 9.84 Å². The van der Waals surface area contributed by atoms with Gasteiger partial charge >= 0.3 is 0 Å². The molecule has 4 nitrogen and oxygen atoms in total. The molecular formula is C10H13NO3S. The Morgan fingerprint density at radius 3 is 2.27 bits per heavy atom. The van der Waals surface area contributed by atoms with Gasteiger partial charge in [0.2, 0.25) is 0 Å². The summed E-state index contributed by atoms with van der Waals surface area (Å²) in [6.07, 6.45) is 1.10. The minimum atomic E-state index is -3.18. The average molecular weight is 227 g/mol. The van der Waals surface area contributed by atoms with Crippen LogP contribution in [0.5, 0.6) is 0 Å². The van der Waals surface area contributed by atoms with Crippen molar-refractivity contribution in [2.75, 3.05) is 12.0 Å². The molecule has 0 spiro atoms. The van der Waals surface area contributed by atoms with Crippen molar-refractivity contribution in [3.05, 3.63) is 35.4 Å². The van der Waals surface area contributed by atoms with Gasteiger partial charge in [0.1, 0.15) is 5.71 Å². The standard InChI is InChI=1S/C10H13NO3S/c1-8-3-5-9(6-4-8)10(11-12)7-15(2,13)14/h3-6,12H,7H2,1-2H3/b11-10+. The predicted molar refractivity (Wildman–Crippen MR) is 59.2 cm³/mol. The summed E-state index contributed by atoms with van der Waals surface area (Å²) < 4.78 is 22.1. The van der Waals surface area contributed by atoms with E-state index in [4.69, 9.17) is 5.21 Å². The molecular weight excluding hydrogens is 214 g/mol. The highest BCUT2D eigenvalue weighted by Crippen LogP contribution is 2.06. The Morgan fingerprint density at radius 1 is 1.33 bits per heavy atom. The van der Waals surface area contributed by atoms with E-state index in [1.54, 1.807) is 12.1 Å². The van der Waals surface area contributed by atoms with Crippen LogP contribution < -0.4 is 0 Å². The molecule has 0 saturated heterocycles. The van der Waals surface area contributed by atoms with Gasteiger partial charge in [-0.1, -0.05) is 35.0 Å². The van der Waals surface area contributed by atoms with Crippen LogP contribution in [0, 0.1) is 6.92 Å². The van der Waals surface area contributed by atoms with Crippen LogP contribution >= 0.6 is 0 Å². The van der Waals surface area contributed by atoms with Gasteiger partial charge in [-0.3, -0.25) is 0 Å². The second-order valence-corrected chi connectivity index (χ2v) is 5.62. The summed E-state index contributed by atoms with van der Waals surface area (Å²) in [4.78, 5) is 0. The van der Waals surface area contributed by atoms with E-state index in [2.05, 4.69) is 5.16 Å². The number of benzene rings is 1. The molecule has 82 valence electrons. The molecule has 1 N–H and O–H groups in total. The zero-order chi connectivity index (χ0) is 11.5. The normalized spacial score (nSPS) is 12.8. The van der Waals surface area contributed by atoms with E-state index < -0.39 is 9.84 Å². The minimum Gasteiger partial charge on any atom is -0.411 e. The molecule has 5 heteroatoms. The van der Waals surface area contributed by atoms with Crippen LogP contribution in [0.4, 0.5) is 0 Å². The quantitative estimate of drug-likeness (QED) is 0.479. The maximum atomic E-state index is 11.0. The summed E-state index contributed by atoms with van der Waals surface area (Å²) in [5.74, 6) is -0.257. The van der Waals surface area contributed by atoms with Crippen LogP contribution in [0.25, 0.3) is 0 Å². The van der Waals surface area contributed by atoms with E-state index in [0.717, 1.165) is 11.8 Å². The first-order valence-electron chi connectivity index (χ1n) is 4.38. The third-order valence-corrected chi connectivity index (χ3v) is 2.70. The highest BCUT2D eigenvalue weighted by molar-refractivity contribution is 7.91. The molecule has 0 fully saturated rings. The zero-order valence-electron chi connectivity index (χ0n) is 8.64. The molecule has 0 atom stereocenters. The molecule has 0 saturated carbocycles. The van der Waals surface area contributed by atoms with E-state index in [0.29, 0.717) is 5.56 Å². The lowest BCUT2D eigenvalue weighted by atomic mass is 10.1. The molecule has 1 aromatic carbocycles. The minimum absolute atomic E-state index is 0.164. The number of hydrogen-bond acceptors (Lipinski definition) is 4. The predicted octanol–water partition coefficient (Wildman–Crippen LogP) is 1.22. The smallest absolute Gasteiger partial charge is 0.153 e. The molecule has 0 heterocycles. The largest absolute Gasteiger partial charge is 0.411 e. The molecule has 1 rings (SSSR count). The van der Waals surface area contributed by atoms with Gasteiger partial charge in [-0.15, -0.1) is 0 Å². The van der Waals surface area contributed by atoms with Crippen molar-refractivity contribution in [1.82, 2.24) is 0 Å². The van der Waals surface area contributed by atoms with Crippen molar-refractivity contribution in [2.24, 2.45) is 5.16 Å². The Morgan fingerprint density at radius 2 is 1.87 bits per heavy atom. The van der Waals surface area contributed by atoms with Crippen LogP contribution in [-0.2, 0) is 9.84 Å². The first-order valence-corrected chi connectivity index (χ1v) is 6.44. The number of rotatable bonds is 3. The Balaban J connectivity index is 3.00. The average Bonchev–Trinajstić information content (AvgIpc) is 2.14. The van der Waals surface area contributed by atoms with Crippen molar-refractivity contribution in [3.63, 3.8) is 0 Å². The van der Waals surface area contributed by atoms with Crippen LogP contribution in [0.15, 0.2) is 29.4 Å². The summed E-state index contributed by atoms with van der Waals surface area (Å²) in [6.45, 7) is 1.93. The van der Waals surface area contributed by atoms with Crippen LogP contribution in [0.2, 0.25) is 0 Å². The monoisotopic (exact) mass is 227 g/mol. The number of oxime groups is 1. The van der Waals surface area contributed by atoms with Gasteiger partial charge in [0, 0.05) is 11.8 Å². The van der Waals surface area contributed by atoms with Crippen LogP contribution in [0.3, 0.4) is 0 Å². The Hall–Kier alpha value is -1.36. The Labute approximate surface area is 89.2 Å². The highest BCUT2D eigenvalue weighted by atomic mass is 32.2. The van der Waals surface area contributed by atoms with E-state index >= 15 is 0 Å². The van der Waals surface area contributed by atoms with Gasteiger partial charge in [0.05, 0.1) is 5.75 Å². The molecule has 0 aromatic heterocycles. The van der Waals surface area contributed by atoms with Crippen LogP contribution in [0.1, 0.15) is 11.1 Å². The fourth-order valence-corrected chi connectivity index (χ4v) is 1.89. The molecule has 1 aromatic rings. The Kier molecular flexibility index (Phi) is 3.47. The van der Waals surface area contributed by atoms with E-state index in [1.807, 2.05) is 19.1 Å². The van der Waals surface area contributed by atoms with Crippen molar-refractivity contribution in [1.29, 1.82) is 0 Å². The lowest BCUT2D eigenvalue weighted by molar-refractivity contribution is 0.319. The highest BCUT2D eigenvalue weighted by Gasteiger charge is 2.11. The number of nitrogens with zero attached hydrogens (tertiary/aromatic N) is 1. The summed E-state index contributed by atoms with van der Waals surface area (Å²) >= 11 is 0. The number of sulfone groups is 1. The molecule has 0 radical (unpaired) electrons. The summed E-state index contributed by atoms with van der Waals surface area (Å²) in [6, 6.07) is 7.14. The molecule has 0 amide bonds. The maximum Gasteiger partial charge on any atom is 0.153 e. The summed E-state index contributed by atoms with van der Waals surface area (Å²) in [5, 5.41) is 11.7. The van der Waals surface area contributed by atoms with Crippen molar-refractivity contribution in [3.8, 4) is 0 Å². The SMILES string of the molecule is Cc1ccc(/C(CS(C)(=O)=O)=N/O)cc1. The second kappa shape index (κ2) is 4.44. The number of hydrogen-bond donors (Lipinski definition) is 1. The third kappa shape index (κ3) is 3.71. The molecule has 0 aliphatic rings. The third-order valence-electron chi connectivity index (χ3n) is 1.90. The summed E-state index contributed by atoms with van der Waals surface area (Å²) in [5.41, 5.74) is 1.85. The van der Waals surface area contributed by atoms with Crippen molar-refractivity contribution in [2.45, 2.75) is 6.92 Å². The fraction of sp³-hybridized carbons (Fsp3) is 0.300. The van der Waals surface area contributed by atoms with Gasteiger partial charge in [0.25, 0.3) is 0 Å². The molecule has 0 aliphatic carbocycles. The van der Waals surface area contributed by atoms with Gasteiger partial charge in [-0.2, -0.15) is 0 Å². The zero-order valence-corrected chi connectivity index (χ0v) is 9.45. The van der Waals surface area contributed by atoms with E-state index in [1.165, 1.54) is 0 Å². The first kappa shape index (κ1) is 11.7. The summed E-state index contributed by atoms with van der Waals surface area (Å²) in [7, 11) is -3.18. The maximum absolute atomic E-state index is 11.0. The Bertz CT molecular complexity index is 460. The fourth-order valence-electron chi connectivity index (χ4n) is 1.16. The van der Waals surface area contributed by atoms with Crippen molar-refractivity contribution >= 4 is 15.5 Å². The first-order chi connectivity index (χ1) is 6.92. The lowest BCUT2D eigenvalue weighted by Gasteiger charge is -2.03. The van der Waals surface area contributed by atoms with E-state index in [9.17, 15) is 8.42 Å². The van der Waals surface area contributed by atoms with E-state index in [-0.39, 0.29) is 11.5 Å². The van der Waals surface area contributed by atoms with Gasteiger partial charge in [-0.05, 0) is 6.92 Å². The second-order valence-electron chi connectivity index (χ2n) is 3.48. The van der Waals surface area contributed by atoms with Crippen LogP contribution in [-0.4, -0.2) is 31.3 Å². The molecule has 0 aliphatic heterocycles. The number of aryl methyl sites for hydroxylation is 1. The molecule has 0 bridgehead atoms. The topological polar surface area (TPSA) is 66.7 Å². The van der Waals surface area contributed by atoms with Gasteiger partial charge < -0.3 is 5.21 Å². The molecule has 15 heavy (non-hydrogen) atoms. The van der Waals surface area contributed by atoms with Crippen molar-refractivity contribution < 1.29 is 13.6 Å². The van der Waals surface area contributed by atoms with Gasteiger partial charge in [-0.25, -0.2) is 8.42 Å².